The summed E-state index contributed by atoms with van der Waals surface area (Å²) in [5.41, 5.74) is 6.14. The number of nitrogens with zero attached hydrogens (tertiary/aromatic N) is 3. The molecular formula is C39H19N3S2. The van der Waals surface area contributed by atoms with Crippen molar-refractivity contribution in [2.45, 2.75) is 0 Å². The standard InChI is InChI=1S/C39H19N3S2/c40-20-23-9-11-24(12-10-23)29-19-30(25-13-15-37-31(17-25)27-5-1-3-7-35(27)43-37)34(22-42)39(33(29)21-41)26-14-16-38-32(18-26)28-6-2-4-8-36(28)44-38/h1-19H. The van der Waals surface area contributed by atoms with Crippen molar-refractivity contribution >= 4 is 63.0 Å². The molecule has 8 aromatic rings. The summed E-state index contributed by atoms with van der Waals surface area (Å²) in [5.74, 6) is 0. The molecule has 0 bridgehead atoms. The van der Waals surface area contributed by atoms with Gasteiger partial charge in [0.25, 0.3) is 0 Å². The van der Waals surface area contributed by atoms with Gasteiger partial charge >= 0.3 is 0 Å². The molecule has 2 heterocycles. The Bertz CT molecular complexity index is 2580. The third-order valence-electron chi connectivity index (χ3n) is 8.23. The molecule has 0 aliphatic heterocycles. The van der Waals surface area contributed by atoms with Gasteiger partial charge in [-0.1, -0.05) is 60.7 Å². The summed E-state index contributed by atoms with van der Waals surface area (Å²) in [6.45, 7) is 0. The summed E-state index contributed by atoms with van der Waals surface area (Å²) in [5, 5.41) is 35.4. The number of rotatable bonds is 3. The molecule has 0 unspecified atom stereocenters. The van der Waals surface area contributed by atoms with E-state index in [9.17, 15) is 15.8 Å². The van der Waals surface area contributed by atoms with Crippen molar-refractivity contribution in [1.29, 1.82) is 15.8 Å². The monoisotopic (exact) mass is 593 g/mol. The van der Waals surface area contributed by atoms with E-state index in [1.807, 2.05) is 36.4 Å². The summed E-state index contributed by atoms with van der Waals surface area (Å²) < 4.78 is 4.76. The Labute approximate surface area is 261 Å². The molecule has 0 aliphatic rings. The normalized spacial score (nSPS) is 11.1. The molecule has 44 heavy (non-hydrogen) atoms. The topological polar surface area (TPSA) is 71.4 Å². The Hall–Kier alpha value is -5.77. The van der Waals surface area contributed by atoms with Gasteiger partial charge in [-0.25, -0.2) is 0 Å². The third-order valence-corrected chi connectivity index (χ3v) is 10.5. The molecule has 0 spiro atoms. The summed E-state index contributed by atoms with van der Waals surface area (Å²) in [7, 11) is 0. The van der Waals surface area contributed by atoms with Crippen LogP contribution in [0.2, 0.25) is 0 Å². The van der Waals surface area contributed by atoms with Crippen LogP contribution in [0.25, 0.3) is 73.7 Å². The first-order valence-electron chi connectivity index (χ1n) is 14.0. The van der Waals surface area contributed by atoms with Crippen LogP contribution in [0.4, 0.5) is 0 Å². The highest BCUT2D eigenvalue weighted by Crippen LogP contribution is 2.44. The zero-order chi connectivity index (χ0) is 29.8. The van der Waals surface area contributed by atoms with Gasteiger partial charge in [0.2, 0.25) is 0 Å². The van der Waals surface area contributed by atoms with Gasteiger partial charge in [-0.05, 0) is 71.3 Å². The molecule has 2 aromatic heterocycles. The molecule has 0 atom stereocenters. The van der Waals surface area contributed by atoms with Crippen LogP contribution >= 0.6 is 22.7 Å². The first-order valence-corrected chi connectivity index (χ1v) is 15.6. The molecule has 0 radical (unpaired) electrons. The van der Waals surface area contributed by atoms with E-state index < -0.39 is 0 Å². The molecule has 0 saturated heterocycles. The van der Waals surface area contributed by atoms with Crippen molar-refractivity contribution in [3.63, 3.8) is 0 Å². The fourth-order valence-electron chi connectivity index (χ4n) is 6.16. The van der Waals surface area contributed by atoms with Crippen molar-refractivity contribution in [2.24, 2.45) is 0 Å². The molecule has 0 amide bonds. The Morgan fingerprint density at radius 3 is 1.45 bits per heavy atom. The fraction of sp³-hybridized carbons (Fsp3) is 0. The van der Waals surface area contributed by atoms with E-state index in [0.29, 0.717) is 22.3 Å². The van der Waals surface area contributed by atoms with Crippen molar-refractivity contribution in [3.05, 3.63) is 132 Å². The average Bonchev–Trinajstić information content (AvgIpc) is 3.65. The fourth-order valence-corrected chi connectivity index (χ4v) is 8.33. The lowest BCUT2D eigenvalue weighted by Gasteiger charge is -2.17. The van der Waals surface area contributed by atoms with Gasteiger partial charge < -0.3 is 0 Å². The second-order valence-electron chi connectivity index (χ2n) is 10.6. The molecule has 0 fully saturated rings. The SMILES string of the molecule is N#Cc1ccc(-c2cc(-c3ccc4sc5ccccc5c4c3)c(C#N)c(-c3ccc4sc5ccccc5c4c3)c2C#N)cc1. The van der Waals surface area contributed by atoms with Crippen LogP contribution in [0.3, 0.4) is 0 Å². The average molecular weight is 594 g/mol. The van der Waals surface area contributed by atoms with Crippen LogP contribution in [0.5, 0.6) is 0 Å². The number of thiophene rings is 2. The maximum Gasteiger partial charge on any atom is 0.100 e. The van der Waals surface area contributed by atoms with Crippen molar-refractivity contribution in [3.8, 4) is 51.6 Å². The summed E-state index contributed by atoms with van der Waals surface area (Å²) in [6, 6.07) is 45.7. The number of hydrogen-bond donors (Lipinski definition) is 0. The van der Waals surface area contributed by atoms with E-state index in [1.54, 1.807) is 34.8 Å². The molecular weight excluding hydrogens is 575 g/mol. The van der Waals surface area contributed by atoms with E-state index in [2.05, 4.69) is 84.9 Å². The minimum absolute atomic E-state index is 0.441. The predicted molar refractivity (Wildman–Crippen MR) is 183 cm³/mol. The highest BCUT2D eigenvalue weighted by molar-refractivity contribution is 7.26. The molecule has 5 heteroatoms. The van der Waals surface area contributed by atoms with Gasteiger partial charge in [0, 0.05) is 57.0 Å². The highest BCUT2D eigenvalue weighted by Gasteiger charge is 2.23. The third kappa shape index (κ3) is 3.98. The van der Waals surface area contributed by atoms with Crippen LogP contribution in [0.1, 0.15) is 16.7 Å². The van der Waals surface area contributed by atoms with Gasteiger partial charge in [0.1, 0.15) is 12.1 Å². The lowest BCUT2D eigenvalue weighted by molar-refractivity contribution is 1.43. The van der Waals surface area contributed by atoms with Crippen molar-refractivity contribution in [2.75, 3.05) is 0 Å². The summed E-state index contributed by atoms with van der Waals surface area (Å²) in [4.78, 5) is 0. The Morgan fingerprint density at radius 2 is 0.886 bits per heavy atom. The molecule has 202 valence electrons. The van der Waals surface area contributed by atoms with Crippen molar-refractivity contribution < 1.29 is 0 Å². The van der Waals surface area contributed by atoms with Gasteiger partial charge in [-0.15, -0.1) is 22.7 Å². The van der Waals surface area contributed by atoms with Gasteiger partial charge in [0.15, 0.2) is 0 Å². The van der Waals surface area contributed by atoms with E-state index in [1.165, 1.54) is 19.5 Å². The number of hydrogen-bond acceptors (Lipinski definition) is 5. The van der Waals surface area contributed by atoms with E-state index in [0.717, 1.165) is 48.7 Å². The van der Waals surface area contributed by atoms with Crippen LogP contribution in [0, 0.1) is 34.0 Å². The number of benzene rings is 6. The number of fused-ring (bicyclic) bond motifs is 6. The zero-order valence-corrected chi connectivity index (χ0v) is 24.8. The van der Waals surface area contributed by atoms with Gasteiger partial charge in [0.05, 0.1) is 22.8 Å². The highest BCUT2D eigenvalue weighted by atomic mass is 32.1. The molecule has 0 saturated carbocycles. The lowest BCUT2D eigenvalue weighted by atomic mass is 9.83. The first-order chi connectivity index (χ1) is 21.7. The number of nitriles is 3. The van der Waals surface area contributed by atoms with Crippen LogP contribution < -0.4 is 0 Å². The van der Waals surface area contributed by atoms with Crippen LogP contribution in [-0.4, -0.2) is 0 Å². The molecule has 3 nitrogen and oxygen atoms in total. The van der Waals surface area contributed by atoms with Crippen molar-refractivity contribution in [1.82, 2.24) is 0 Å². The second kappa shape index (κ2) is 10.2. The molecule has 0 N–H and O–H groups in total. The molecule has 0 aliphatic carbocycles. The van der Waals surface area contributed by atoms with Gasteiger partial charge in [-0.3, -0.25) is 0 Å². The molecule has 6 aromatic carbocycles. The zero-order valence-electron chi connectivity index (χ0n) is 23.1. The maximum atomic E-state index is 10.8. The van der Waals surface area contributed by atoms with E-state index in [4.69, 9.17) is 0 Å². The Morgan fingerprint density at radius 1 is 0.409 bits per heavy atom. The maximum absolute atomic E-state index is 10.8. The minimum atomic E-state index is 0.441. The smallest absolute Gasteiger partial charge is 0.100 e. The lowest BCUT2D eigenvalue weighted by Crippen LogP contribution is -1.98. The summed E-state index contributed by atoms with van der Waals surface area (Å²) in [6.07, 6.45) is 0. The van der Waals surface area contributed by atoms with Crippen LogP contribution in [0.15, 0.2) is 115 Å². The van der Waals surface area contributed by atoms with Gasteiger partial charge in [-0.2, -0.15) is 15.8 Å². The second-order valence-corrected chi connectivity index (χ2v) is 12.8. The quantitative estimate of drug-likeness (QED) is 0.205. The van der Waals surface area contributed by atoms with Crippen LogP contribution in [-0.2, 0) is 0 Å². The van der Waals surface area contributed by atoms with E-state index >= 15 is 0 Å². The Balaban J connectivity index is 1.46. The minimum Gasteiger partial charge on any atom is -0.192 e. The first kappa shape index (κ1) is 25.9. The Kier molecular flexibility index (Phi) is 6.00. The molecule has 8 rings (SSSR count). The summed E-state index contributed by atoms with van der Waals surface area (Å²) >= 11 is 3.49. The largest absolute Gasteiger partial charge is 0.192 e. The van der Waals surface area contributed by atoms with E-state index in [-0.39, 0.29) is 0 Å². The predicted octanol–water partition coefficient (Wildman–Crippen LogP) is 11.0.